The van der Waals surface area contributed by atoms with Crippen molar-refractivity contribution in [1.29, 1.82) is 0 Å². The highest BCUT2D eigenvalue weighted by molar-refractivity contribution is 7.89. The lowest BCUT2D eigenvalue weighted by atomic mass is 9.96. The molecule has 2 aromatic carbocycles. The highest BCUT2D eigenvalue weighted by Crippen LogP contribution is 2.34. The molecule has 0 spiro atoms. The van der Waals surface area contributed by atoms with E-state index in [4.69, 9.17) is 4.74 Å². The topological polar surface area (TPSA) is 96.0 Å². The lowest BCUT2D eigenvalue weighted by Gasteiger charge is -2.34. The number of nitrogens with one attached hydrogen (secondary N) is 1. The van der Waals surface area contributed by atoms with Crippen LogP contribution in [0.15, 0.2) is 53.4 Å². The number of fused-ring (bicyclic) bond motifs is 1. The van der Waals surface area contributed by atoms with Crippen LogP contribution >= 0.6 is 0 Å². The molecule has 0 radical (unpaired) electrons. The number of amides is 2. The van der Waals surface area contributed by atoms with E-state index >= 15 is 0 Å². The Hall–Kier alpha value is -2.91. The summed E-state index contributed by atoms with van der Waals surface area (Å²) in [5, 5.41) is 2.73. The summed E-state index contributed by atoms with van der Waals surface area (Å²) in [6.45, 7) is 1.47. The first-order chi connectivity index (χ1) is 15.8. The molecule has 9 heteroatoms. The molecule has 1 saturated carbocycles. The van der Waals surface area contributed by atoms with E-state index < -0.39 is 22.0 Å². The zero-order chi connectivity index (χ0) is 23.6. The van der Waals surface area contributed by atoms with Gasteiger partial charge in [-0.2, -0.15) is 4.31 Å². The number of rotatable bonds is 5. The lowest BCUT2D eigenvalue weighted by Crippen LogP contribution is -2.48. The Kier molecular flexibility index (Phi) is 6.71. The Morgan fingerprint density at radius 3 is 2.42 bits per heavy atom. The molecule has 2 aliphatic rings. The molecule has 4 rings (SSSR count). The molecular formula is C24H29N3O5S. The molecular weight excluding hydrogens is 442 g/mol. The van der Waals surface area contributed by atoms with Gasteiger partial charge in [0.15, 0.2) is 6.10 Å². The number of hydrogen-bond acceptors (Lipinski definition) is 5. The average Bonchev–Trinajstić information content (AvgIpc) is 2.83. The molecule has 176 valence electrons. The molecule has 1 heterocycles. The molecule has 1 aliphatic carbocycles. The van der Waals surface area contributed by atoms with Crippen molar-refractivity contribution in [2.45, 2.75) is 56.1 Å². The summed E-state index contributed by atoms with van der Waals surface area (Å²) in [4.78, 5) is 26.8. The summed E-state index contributed by atoms with van der Waals surface area (Å²) < 4.78 is 34.1. The largest absolute Gasteiger partial charge is 0.476 e. The number of hydrogen-bond donors (Lipinski definition) is 1. The summed E-state index contributed by atoms with van der Waals surface area (Å²) in [5.41, 5.74) is 0.799. The minimum atomic E-state index is -3.81. The third-order valence-corrected chi connectivity index (χ3v) is 8.31. The highest BCUT2D eigenvalue weighted by Gasteiger charge is 2.35. The Labute approximate surface area is 194 Å². The fraction of sp³-hybridized carbons (Fsp3) is 0.417. The number of carbonyl (C=O) groups excluding carboxylic acids is 2. The fourth-order valence-electron chi connectivity index (χ4n) is 4.47. The monoisotopic (exact) mass is 471 g/mol. The van der Waals surface area contributed by atoms with E-state index in [0.717, 1.165) is 32.1 Å². The van der Waals surface area contributed by atoms with Gasteiger partial charge >= 0.3 is 0 Å². The Morgan fingerprint density at radius 2 is 1.70 bits per heavy atom. The Morgan fingerprint density at radius 1 is 1.03 bits per heavy atom. The molecule has 0 aromatic heterocycles. The van der Waals surface area contributed by atoms with Crippen molar-refractivity contribution in [3.8, 4) is 5.75 Å². The van der Waals surface area contributed by atoms with Crippen molar-refractivity contribution in [3.63, 3.8) is 0 Å². The summed E-state index contributed by atoms with van der Waals surface area (Å²) >= 11 is 0. The normalized spacial score (nSPS) is 19.0. The summed E-state index contributed by atoms with van der Waals surface area (Å²) in [6, 6.07) is 13.4. The molecule has 2 amide bonds. The van der Waals surface area contributed by atoms with Gasteiger partial charge in [0, 0.05) is 20.0 Å². The molecule has 1 fully saturated rings. The Balaban J connectivity index is 1.57. The van der Waals surface area contributed by atoms with Gasteiger partial charge in [-0.1, -0.05) is 43.5 Å². The van der Waals surface area contributed by atoms with Gasteiger partial charge in [-0.15, -0.1) is 0 Å². The smallest absolute Gasteiger partial charge is 0.267 e. The fourth-order valence-corrected chi connectivity index (χ4v) is 6.03. The van der Waals surface area contributed by atoms with Gasteiger partial charge in [0.05, 0.1) is 17.9 Å². The van der Waals surface area contributed by atoms with Crippen molar-refractivity contribution in [2.75, 3.05) is 23.8 Å². The number of sulfonamides is 1. The SMILES string of the molecule is CC(=O)N1C[C@@H](C(=O)Nc2ccccc2S(=O)(=O)N(C)C2CCCCC2)Oc2ccccc21. The van der Waals surface area contributed by atoms with E-state index in [1.807, 2.05) is 0 Å². The van der Waals surface area contributed by atoms with E-state index in [0.29, 0.717) is 11.4 Å². The van der Waals surface area contributed by atoms with E-state index in [1.54, 1.807) is 49.5 Å². The molecule has 1 aliphatic heterocycles. The minimum Gasteiger partial charge on any atom is -0.476 e. The van der Waals surface area contributed by atoms with Crippen molar-refractivity contribution in [3.05, 3.63) is 48.5 Å². The van der Waals surface area contributed by atoms with Crippen LogP contribution in [-0.4, -0.2) is 50.3 Å². The summed E-state index contributed by atoms with van der Waals surface area (Å²) in [7, 11) is -2.20. The predicted octanol–water partition coefficient (Wildman–Crippen LogP) is 3.39. The van der Waals surface area contributed by atoms with E-state index in [2.05, 4.69) is 5.32 Å². The van der Waals surface area contributed by atoms with Gasteiger partial charge < -0.3 is 15.0 Å². The predicted molar refractivity (Wildman–Crippen MR) is 126 cm³/mol. The molecule has 8 nitrogen and oxygen atoms in total. The minimum absolute atomic E-state index is 0.0368. The number of anilines is 2. The van der Waals surface area contributed by atoms with Gasteiger partial charge in [-0.05, 0) is 37.1 Å². The maximum absolute atomic E-state index is 13.4. The zero-order valence-electron chi connectivity index (χ0n) is 18.9. The van der Waals surface area contributed by atoms with E-state index in [-0.39, 0.29) is 29.1 Å². The second-order valence-corrected chi connectivity index (χ2v) is 10.5. The van der Waals surface area contributed by atoms with Crippen molar-refractivity contribution in [1.82, 2.24) is 4.31 Å². The maximum Gasteiger partial charge on any atom is 0.267 e. The van der Waals surface area contributed by atoms with Crippen LogP contribution < -0.4 is 15.0 Å². The third kappa shape index (κ3) is 4.74. The van der Waals surface area contributed by atoms with Crippen LogP contribution in [-0.2, 0) is 19.6 Å². The number of carbonyl (C=O) groups is 2. The summed E-state index contributed by atoms with van der Waals surface area (Å²) in [6.07, 6.45) is 3.84. The molecule has 0 unspecified atom stereocenters. The van der Waals surface area contributed by atoms with Crippen molar-refractivity contribution in [2.24, 2.45) is 0 Å². The zero-order valence-corrected chi connectivity index (χ0v) is 19.7. The summed E-state index contributed by atoms with van der Waals surface area (Å²) in [5.74, 6) is -0.295. The quantitative estimate of drug-likeness (QED) is 0.721. The van der Waals surface area contributed by atoms with Crippen LogP contribution in [0.25, 0.3) is 0 Å². The van der Waals surface area contributed by atoms with Gasteiger partial charge in [-0.25, -0.2) is 8.42 Å². The number of ether oxygens (including phenoxy) is 1. The van der Waals surface area contributed by atoms with E-state index in [9.17, 15) is 18.0 Å². The third-order valence-electron chi connectivity index (χ3n) is 6.34. The number of benzene rings is 2. The van der Waals surface area contributed by atoms with Crippen LogP contribution in [0.4, 0.5) is 11.4 Å². The first-order valence-corrected chi connectivity index (χ1v) is 12.6. The lowest BCUT2D eigenvalue weighted by molar-refractivity contribution is -0.123. The van der Waals surface area contributed by atoms with Crippen LogP contribution in [0.1, 0.15) is 39.0 Å². The van der Waals surface area contributed by atoms with Crippen molar-refractivity contribution < 1.29 is 22.7 Å². The highest BCUT2D eigenvalue weighted by atomic mass is 32.2. The molecule has 1 N–H and O–H groups in total. The number of para-hydroxylation sites is 3. The van der Waals surface area contributed by atoms with E-state index in [1.165, 1.54) is 22.2 Å². The molecule has 2 aromatic rings. The molecule has 0 saturated heterocycles. The second-order valence-electron chi connectivity index (χ2n) is 8.50. The number of nitrogens with zero attached hydrogens (tertiary/aromatic N) is 2. The molecule has 1 atom stereocenters. The van der Waals surface area contributed by atoms with Gasteiger partial charge in [0.25, 0.3) is 5.91 Å². The molecule has 0 bridgehead atoms. The van der Waals surface area contributed by atoms with Crippen LogP contribution in [0.2, 0.25) is 0 Å². The standard InChI is InChI=1S/C24H29N3O5S/c1-17(28)27-16-22(32-21-14-8-7-13-20(21)27)24(29)25-19-12-6-9-15-23(19)33(30,31)26(2)18-10-4-3-5-11-18/h6-9,12-15,18,22H,3-5,10-11,16H2,1-2H3,(H,25,29)/t22-/m0/s1. The maximum atomic E-state index is 13.4. The van der Waals surface area contributed by atoms with Gasteiger partial charge in [0.2, 0.25) is 15.9 Å². The Bertz CT molecular complexity index is 1140. The average molecular weight is 472 g/mol. The van der Waals surface area contributed by atoms with Crippen LogP contribution in [0.5, 0.6) is 5.75 Å². The first kappa shape index (κ1) is 23.3. The first-order valence-electron chi connectivity index (χ1n) is 11.2. The van der Waals surface area contributed by atoms with Gasteiger partial charge in [-0.3, -0.25) is 9.59 Å². The van der Waals surface area contributed by atoms with Crippen LogP contribution in [0.3, 0.4) is 0 Å². The molecule has 33 heavy (non-hydrogen) atoms. The second kappa shape index (κ2) is 9.52. The van der Waals surface area contributed by atoms with Crippen LogP contribution in [0, 0.1) is 0 Å². The van der Waals surface area contributed by atoms with Gasteiger partial charge in [0.1, 0.15) is 10.6 Å². The van der Waals surface area contributed by atoms with Crippen molar-refractivity contribution >= 4 is 33.2 Å².